The van der Waals surface area contributed by atoms with Gasteiger partial charge in [-0.2, -0.15) is 4.31 Å². The number of pyridine rings is 1. The summed E-state index contributed by atoms with van der Waals surface area (Å²) in [6.45, 7) is 1.46. The van der Waals surface area contributed by atoms with Gasteiger partial charge in [-0.25, -0.2) is 8.42 Å². The van der Waals surface area contributed by atoms with Crippen LogP contribution in [0.3, 0.4) is 0 Å². The molecule has 0 radical (unpaired) electrons. The van der Waals surface area contributed by atoms with Crippen molar-refractivity contribution >= 4 is 10.0 Å². The summed E-state index contributed by atoms with van der Waals surface area (Å²) in [7, 11) is -2.07. The lowest BCUT2D eigenvalue weighted by Crippen LogP contribution is -2.33. The summed E-state index contributed by atoms with van der Waals surface area (Å²) < 4.78 is 38.0. The van der Waals surface area contributed by atoms with Gasteiger partial charge in [0.05, 0.1) is 18.1 Å². The van der Waals surface area contributed by atoms with E-state index in [4.69, 9.17) is 9.47 Å². The maximum Gasteiger partial charge on any atom is 0.243 e. The van der Waals surface area contributed by atoms with E-state index in [0.717, 1.165) is 23.3 Å². The van der Waals surface area contributed by atoms with Crippen molar-refractivity contribution in [2.75, 3.05) is 26.9 Å². The maximum absolute atomic E-state index is 13.1. The zero-order valence-corrected chi connectivity index (χ0v) is 14.3. The third kappa shape index (κ3) is 3.58. The fraction of sp³-hybridized carbons (Fsp3) is 0.353. The van der Waals surface area contributed by atoms with Gasteiger partial charge in [0.15, 0.2) is 0 Å². The number of hydrogen-bond acceptors (Lipinski definition) is 5. The van der Waals surface area contributed by atoms with Crippen LogP contribution >= 0.6 is 0 Å². The van der Waals surface area contributed by atoms with Crippen LogP contribution in [0.15, 0.2) is 47.6 Å². The SMILES string of the molecule is COCCN(Cc1cccnc1)S(=O)(=O)c1ccc2c(c1)CCO2. The molecule has 2 aromatic rings. The van der Waals surface area contributed by atoms with Crippen molar-refractivity contribution in [2.24, 2.45) is 0 Å². The molecule has 1 aliphatic heterocycles. The van der Waals surface area contributed by atoms with E-state index in [1.807, 2.05) is 6.07 Å². The van der Waals surface area contributed by atoms with E-state index in [1.165, 1.54) is 4.31 Å². The van der Waals surface area contributed by atoms with Crippen LogP contribution in [0.4, 0.5) is 0 Å². The zero-order valence-electron chi connectivity index (χ0n) is 13.5. The van der Waals surface area contributed by atoms with Crippen LogP contribution in [0.1, 0.15) is 11.1 Å². The van der Waals surface area contributed by atoms with Crippen molar-refractivity contribution in [1.82, 2.24) is 9.29 Å². The molecular formula is C17H20N2O4S. The molecule has 7 heteroatoms. The molecule has 1 aromatic heterocycles. The fourth-order valence-corrected chi connectivity index (χ4v) is 4.11. The maximum atomic E-state index is 13.1. The van der Waals surface area contributed by atoms with Gasteiger partial charge in [0.2, 0.25) is 10.0 Å². The molecule has 0 atom stereocenters. The number of aromatic nitrogens is 1. The van der Waals surface area contributed by atoms with Crippen molar-refractivity contribution < 1.29 is 17.9 Å². The van der Waals surface area contributed by atoms with Crippen LogP contribution in [0.25, 0.3) is 0 Å². The van der Waals surface area contributed by atoms with Crippen LogP contribution in [0, 0.1) is 0 Å². The smallest absolute Gasteiger partial charge is 0.243 e. The Hall–Kier alpha value is -1.96. The van der Waals surface area contributed by atoms with Crippen LogP contribution in [-0.4, -0.2) is 44.6 Å². The quantitative estimate of drug-likeness (QED) is 0.764. The topological polar surface area (TPSA) is 68.7 Å². The van der Waals surface area contributed by atoms with Crippen molar-refractivity contribution in [3.05, 3.63) is 53.9 Å². The third-order valence-corrected chi connectivity index (χ3v) is 5.77. The van der Waals surface area contributed by atoms with E-state index >= 15 is 0 Å². The number of benzene rings is 1. The minimum atomic E-state index is -3.62. The minimum Gasteiger partial charge on any atom is -0.493 e. The van der Waals surface area contributed by atoms with Gasteiger partial charge in [-0.3, -0.25) is 4.98 Å². The van der Waals surface area contributed by atoms with E-state index in [2.05, 4.69) is 4.98 Å². The Labute approximate surface area is 142 Å². The second kappa shape index (κ2) is 7.29. The molecule has 0 unspecified atom stereocenters. The van der Waals surface area contributed by atoms with Crippen LogP contribution in [0.2, 0.25) is 0 Å². The molecule has 6 nitrogen and oxygen atoms in total. The molecule has 1 aromatic carbocycles. The molecule has 0 N–H and O–H groups in total. The first-order valence-corrected chi connectivity index (χ1v) is 9.19. The van der Waals surface area contributed by atoms with E-state index in [1.54, 1.807) is 43.8 Å². The van der Waals surface area contributed by atoms with Gasteiger partial charge in [0.1, 0.15) is 5.75 Å². The van der Waals surface area contributed by atoms with Crippen molar-refractivity contribution in [2.45, 2.75) is 17.9 Å². The third-order valence-electron chi connectivity index (χ3n) is 3.93. The molecule has 3 rings (SSSR count). The van der Waals surface area contributed by atoms with Crippen molar-refractivity contribution in [3.63, 3.8) is 0 Å². The molecule has 0 bridgehead atoms. The molecule has 0 aliphatic carbocycles. The molecule has 0 saturated heterocycles. The minimum absolute atomic E-state index is 0.257. The van der Waals surface area contributed by atoms with E-state index < -0.39 is 10.0 Å². The molecule has 128 valence electrons. The normalized spacial score (nSPS) is 13.8. The lowest BCUT2D eigenvalue weighted by atomic mass is 10.2. The Morgan fingerprint density at radius 1 is 1.33 bits per heavy atom. The number of sulfonamides is 1. The molecule has 2 heterocycles. The molecule has 0 amide bonds. The first kappa shape index (κ1) is 16.9. The highest BCUT2D eigenvalue weighted by molar-refractivity contribution is 7.89. The number of hydrogen-bond donors (Lipinski definition) is 0. The van der Waals surface area contributed by atoms with Gasteiger partial charge < -0.3 is 9.47 Å². The van der Waals surface area contributed by atoms with Crippen LogP contribution in [-0.2, 0) is 27.7 Å². The molecule has 0 spiro atoms. The average molecular weight is 348 g/mol. The molecular weight excluding hydrogens is 328 g/mol. The van der Waals surface area contributed by atoms with E-state index in [9.17, 15) is 8.42 Å². The predicted molar refractivity (Wildman–Crippen MR) is 89.3 cm³/mol. The van der Waals surface area contributed by atoms with Gasteiger partial charge in [0.25, 0.3) is 0 Å². The number of nitrogens with zero attached hydrogens (tertiary/aromatic N) is 2. The number of rotatable bonds is 7. The van der Waals surface area contributed by atoms with E-state index in [-0.39, 0.29) is 18.0 Å². The van der Waals surface area contributed by atoms with E-state index in [0.29, 0.717) is 13.2 Å². The van der Waals surface area contributed by atoms with Gasteiger partial charge in [0, 0.05) is 39.0 Å². The summed E-state index contributed by atoms with van der Waals surface area (Å²) in [5, 5.41) is 0. The molecule has 24 heavy (non-hydrogen) atoms. The Morgan fingerprint density at radius 2 is 2.21 bits per heavy atom. The number of methoxy groups -OCH3 is 1. The Morgan fingerprint density at radius 3 is 2.96 bits per heavy atom. The van der Waals surface area contributed by atoms with Crippen molar-refractivity contribution in [1.29, 1.82) is 0 Å². The molecule has 1 aliphatic rings. The van der Waals surface area contributed by atoms with Crippen LogP contribution in [0.5, 0.6) is 5.75 Å². The Balaban J connectivity index is 1.89. The monoisotopic (exact) mass is 348 g/mol. The Kier molecular flexibility index (Phi) is 5.13. The summed E-state index contributed by atoms with van der Waals surface area (Å²) in [4.78, 5) is 4.33. The standard InChI is InChI=1S/C17H20N2O4S/c1-22-10-8-19(13-14-3-2-7-18-12-14)24(20,21)16-4-5-17-15(11-16)6-9-23-17/h2-5,7,11-12H,6,8-10,13H2,1H3. The zero-order chi connectivity index (χ0) is 17.0. The second-order valence-corrected chi connectivity index (χ2v) is 7.50. The highest BCUT2D eigenvalue weighted by atomic mass is 32.2. The fourth-order valence-electron chi connectivity index (χ4n) is 2.65. The largest absolute Gasteiger partial charge is 0.493 e. The van der Waals surface area contributed by atoms with Gasteiger partial charge in [-0.05, 0) is 35.4 Å². The first-order valence-electron chi connectivity index (χ1n) is 7.75. The first-order chi connectivity index (χ1) is 11.6. The highest BCUT2D eigenvalue weighted by Gasteiger charge is 2.26. The lowest BCUT2D eigenvalue weighted by molar-refractivity contribution is 0.177. The van der Waals surface area contributed by atoms with Gasteiger partial charge in [-0.15, -0.1) is 0 Å². The van der Waals surface area contributed by atoms with Crippen LogP contribution < -0.4 is 4.74 Å². The molecule has 0 saturated carbocycles. The average Bonchev–Trinajstić information content (AvgIpc) is 3.07. The van der Waals surface area contributed by atoms with Gasteiger partial charge >= 0.3 is 0 Å². The summed E-state index contributed by atoms with van der Waals surface area (Å²) in [6, 6.07) is 8.69. The number of ether oxygens (including phenoxy) is 2. The predicted octanol–water partition coefficient (Wildman–Crippen LogP) is 1.85. The summed E-state index contributed by atoms with van der Waals surface area (Å²) >= 11 is 0. The number of fused-ring (bicyclic) bond motifs is 1. The van der Waals surface area contributed by atoms with Gasteiger partial charge in [-0.1, -0.05) is 6.07 Å². The van der Waals surface area contributed by atoms with Crippen molar-refractivity contribution in [3.8, 4) is 5.75 Å². The highest BCUT2D eigenvalue weighted by Crippen LogP contribution is 2.29. The second-order valence-electron chi connectivity index (χ2n) is 5.56. The molecule has 0 fully saturated rings. The summed E-state index contributed by atoms with van der Waals surface area (Å²) in [6.07, 6.45) is 4.07. The Bertz CT molecular complexity index is 793. The lowest BCUT2D eigenvalue weighted by Gasteiger charge is -2.22. The summed E-state index contributed by atoms with van der Waals surface area (Å²) in [5.74, 6) is 0.768. The summed E-state index contributed by atoms with van der Waals surface area (Å²) in [5.41, 5.74) is 1.77.